The molecule has 0 bridgehead atoms. The smallest absolute Gasteiger partial charge is 0.322 e. The number of carbonyl (C=O) groups excluding carboxylic acids is 2. The zero-order chi connectivity index (χ0) is 24.2. The van der Waals surface area contributed by atoms with E-state index in [1.54, 1.807) is 6.20 Å². The number of benzene rings is 1. The van der Waals surface area contributed by atoms with E-state index in [2.05, 4.69) is 35.7 Å². The first-order valence-corrected chi connectivity index (χ1v) is 11.8. The van der Waals surface area contributed by atoms with Gasteiger partial charge < -0.3 is 25.0 Å². The van der Waals surface area contributed by atoms with Gasteiger partial charge >= 0.3 is 17.8 Å². The Morgan fingerprint density at radius 2 is 1.89 bits per heavy atom. The van der Waals surface area contributed by atoms with E-state index >= 15 is 0 Å². The predicted octanol–water partition coefficient (Wildman–Crippen LogP) is 0.804. The number of aromatic nitrogens is 5. The predicted molar refractivity (Wildman–Crippen MR) is 127 cm³/mol. The number of nitrogens with one attached hydrogen (secondary N) is 3. The minimum atomic E-state index is -0.635. The number of carbonyl (C=O) groups is 2. The number of anilines is 1. The van der Waals surface area contributed by atoms with Crippen LogP contribution in [0.1, 0.15) is 25.7 Å². The first kappa shape index (κ1) is 23.0. The molecule has 2 aliphatic rings. The summed E-state index contributed by atoms with van der Waals surface area (Å²) in [6.45, 7) is 2.60. The zero-order valence-electron chi connectivity index (χ0n) is 19.5. The van der Waals surface area contributed by atoms with Crippen LogP contribution in [0.15, 0.2) is 24.4 Å². The van der Waals surface area contributed by atoms with Crippen molar-refractivity contribution in [3.8, 4) is 17.4 Å². The van der Waals surface area contributed by atoms with E-state index in [4.69, 9.17) is 14.5 Å². The third-order valence-corrected chi connectivity index (χ3v) is 6.34. The molecule has 35 heavy (non-hydrogen) atoms. The molecule has 0 spiro atoms. The standard InChI is InChI=1S/C23H28N8O4/c1-24-20(32)21(33)26-14-5-7-15(8-6-14)35-23-28-19(16-3-2-4-18-17(16)13-25-30-18)27-22(29-23)31-9-11-34-12-10-31/h2-4,13-15H,5-12H2,1H3,(H,24,32)(H,25,30)(H,26,33). The molecule has 3 N–H and O–H groups in total. The molecule has 1 aromatic carbocycles. The van der Waals surface area contributed by atoms with Crippen LogP contribution in [0.2, 0.25) is 0 Å². The van der Waals surface area contributed by atoms with Gasteiger partial charge in [-0.05, 0) is 31.7 Å². The molecule has 1 aliphatic carbocycles. The van der Waals surface area contributed by atoms with Gasteiger partial charge in [0.15, 0.2) is 5.82 Å². The number of aromatic amines is 1. The molecule has 12 nitrogen and oxygen atoms in total. The van der Waals surface area contributed by atoms with Crippen LogP contribution in [0.3, 0.4) is 0 Å². The molecule has 0 radical (unpaired) electrons. The fraction of sp³-hybridized carbons (Fsp3) is 0.478. The molecule has 3 aromatic rings. The summed E-state index contributed by atoms with van der Waals surface area (Å²) in [6, 6.07) is 6.06. The fourth-order valence-corrected chi connectivity index (χ4v) is 4.43. The number of rotatable bonds is 5. The summed E-state index contributed by atoms with van der Waals surface area (Å²) in [5, 5.41) is 13.2. The van der Waals surface area contributed by atoms with E-state index in [9.17, 15) is 9.59 Å². The largest absolute Gasteiger partial charge is 0.460 e. The van der Waals surface area contributed by atoms with E-state index in [0.717, 1.165) is 16.5 Å². The van der Waals surface area contributed by atoms with E-state index in [0.29, 0.717) is 63.8 Å². The van der Waals surface area contributed by atoms with E-state index < -0.39 is 11.8 Å². The minimum Gasteiger partial charge on any atom is -0.460 e. The molecule has 184 valence electrons. The van der Waals surface area contributed by atoms with Gasteiger partial charge in [0.2, 0.25) is 5.95 Å². The highest BCUT2D eigenvalue weighted by Crippen LogP contribution is 2.29. The number of amides is 2. The number of ether oxygens (including phenoxy) is 2. The number of H-pyrrole nitrogens is 1. The average molecular weight is 481 g/mol. The van der Waals surface area contributed by atoms with Crippen molar-refractivity contribution in [1.82, 2.24) is 35.8 Å². The summed E-state index contributed by atoms with van der Waals surface area (Å²) in [7, 11) is 1.44. The van der Waals surface area contributed by atoms with Crippen molar-refractivity contribution >= 4 is 28.7 Å². The number of nitrogens with zero attached hydrogens (tertiary/aromatic N) is 5. The van der Waals surface area contributed by atoms with Crippen molar-refractivity contribution in [2.45, 2.75) is 37.8 Å². The Morgan fingerprint density at radius 3 is 2.66 bits per heavy atom. The van der Waals surface area contributed by atoms with Gasteiger partial charge in [-0.1, -0.05) is 12.1 Å². The third kappa shape index (κ3) is 5.16. The summed E-state index contributed by atoms with van der Waals surface area (Å²) >= 11 is 0. The maximum Gasteiger partial charge on any atom is 0.322 e. The Bertz CT molecular complexity index is 1200. The summed E-state index contributed by atoms with van der Waals surface area (Å²) in [4.78, 5) is 39.4. The Balaban J connectivity index is 1.35. The first-order chi connectivity index (χ1) is 17.1. The molecule has 0 atom stereocenters. The summed E-state index contributed by atoms with van der Waals surface area (Å²) in [5.41, 5.74) is 1.74. The van der Waals surface area contributed by atoms with Crippen molar-refractivity contribution in [1.29, 1.82) is 0 Å². The molecule has 2 amide bonds. The number of fused-ring (bicyclic) bond motifs is 1. The molecule has 1 saturated carbocycles. The van der Waals surface area contributed by atoms with Gasteiger partial charge in [0, 0.05) is 37.1 Å². The average Bonchev–Trinajstić information content (AvgIpc) is 3.39. The highest BCUT2D eigenvalue weighted by molar-refractivity contribution is 6.35. The van der Waals surface area contributed by atoms with Gasteiger partial charge in [-0.3, -0.25) is 14.7 Å². The SMILES string of the molecule is CNC(=O)C(=O)NC1CCC(Oc2nc(-c3cccc4[nH]ncc34)nc(N3CCOCC3)n2)CC1. The summed E-state index contributed by atoms with van der Waals surface area (Å²) in [5.74, 6) is -0.165. The molecule has 5 rings (SSSR count). The first-order valence-electron chi connectivity index (χ1n) is 11.8. The lowest BCUT2D eigenvalue weighted by molar-refractivity contribution is -0.139. The highest BCUT2D eigenvalue weighted by Gasteiger charge is 2.27. The third-order valence-electron chi connectivity index (χ3n) is 6.34. The van der Waals surface area contributed by atoms with E-state index in [1.807, 2.05) is 18.2 Å². The van der Waals surface area contributed by atoms with E-state index in [-0.39, 0.29) is 18.2 Å². The van der Waals surface area contributed by atoms with Gasteiger partial charge in [0.1, 0.15) is 6.10 Å². The van der Waals surface area contributed by atoms with E-state index in [1.165, 1.54) is 7.05 Å². The van der Waals surface area contributed by atoms with Crippen LogP contribution in [-0.4, -0.2) is 82.5 Å². The van der Waals surface area contributed by atoms with Crippen LogP contribution in [0.4, 0.5) is 5.95 Å². The van der Waals surface area contributed by atoms with Gasteiger partial charge in [-0.15, -0.1) is 0 Å². The Kier molecular flexibility index (Phi) is 6.70. The van der Waals surface area contributed by atoms with Gasteiger partial charge in [0.05, 0.1) is 24.9 Å². The van der Waals surface area contributed by atoms with Crippen LogP contribution < -0.4 is 20.3 Å². The maximum absolute atomic E-state index is 11.8. The lowest BCUT2D eigenvalue weighted by Gasteiger charge is -2.29. The minimum absolute atomic E-state index is 0.0591. The van der Waals surface area contributed by atoms with Crippen molar-refractivity contribution in [2.75, 3.05) is 38.3 Å². The topological polar surface area (TPSA) is 147 Å². The molecule has 2 fully saturated rings. The second-order valence-corrected chi connectivity index (χ2v) is 8.62. The molecule has 1 aliphatic heterocycles. The molecule has 2 aromatic heterocycles. The molecular weight excluding hydrogens is 452 g/mol. The maximum atomic E-state index is 11.8. The lowest BCUT2D eigenvalue weighted by Crippen LogP contribution is -2.45. The molecule has 0 unspecified atom stereocenters. The second kappa shape index (κ2) is 10.2. The van der Waals surface area contributed by atoms with Crippen LogP contribution in [0.5, 0.6) is 6.01 Å². The Morgan fingerprint density at radius 1 is 1.09 bits per heavy atom. The van der Waals surface area contributed by atoms with Crippen molar-refractivity contribution in [3.63, 3.8) is 0 Å². The monoisotopic (exact) mass is 480 g/mol. The molecule has 1 saturated heterocycles. The van der Waals surface area contributed by atoms with Gasteiger partial charge in [0.25, 0.3) is 0 Å². The van der Waals surface area contributed by atoms with Crippen LogP contribution in [0.25, 0.3) is 22.3 Å². The number of morpholine rings is 1. The summed E-state index contributed by atoms with van der Waals surface area (Å²) < 4.78 is 11.7. The number of hydrogen-bond donors (Lipinski definition) is 3. The zero-order valence-corrected chi connectivity index (χ0v) is 19.5. The molecular formula is C23H28N8O4. The summed E-state index contributed by atoms with van der Waals surface area (Å²) in [6.07, 6.45) is 4.50. The number of hydrogen-bond acceptors (Lipinski definition) is 9. The van der Waals surface area contributed by atoms with Gasteiger partial charge in [-0.25, -0.2) is 0 Å². The quantitative estimate of drug-likeness (QED) is 0.451. The molecule has 12 heteroatoms. The molecule has 3 heterocycles. The Hall–Kier alpha value is -3.80. The number of likely N-dealkylation sites (N-methyl/N-ethyl adjacent to an activating group) is 1. The van der Waals surface area contributed by atoms with Crippen LogP contribution in [-0.2, 0) is 14.3 Å². The van der Waals surface area contributed by atoms with Crippen LogP contribution in [0, 0.1) is 0 Å². The normalized spacial score (nSPS) is 20.4. The van der Waals surface area contributed by atoms with Crippen LogP contribution >= 0.6 is 0 Å². The fourth-order valence-electron chi connectivity index (χ4n) is 4.43. The van der Waals surface area contributed by atoms with Crippen molar-refractivity contribution in [3.05, 3.63) is 24.4 Å². The van der Waals surface area contributed by atoms with Crippen molar-refractivity contribution in [2.24, 2.45) is 0 Å². The Labute approximate surface area is 201 Å². The second-order valence-electron chi connectivity index (χ2n) is 8.62. The van der Waals surface area contributed by atoms with Gasteiger partial charge in [-0.2, -0.15) is 20.1 Å². The lowest BCUT2D eigenvalue weighted by atomic mass is 9.93. The highest BCUT2D eigenvalue weighted by atomic mass is 16.5. The van der Waals surface area contributed by atoms with Crippen molar-refractivity contribution < 1.29 is 19.1 Å².